The van der Waals surface area contributed by atoms with Gasteiger partial charge in [-0.25, -0.2) is 14.4 Å². The third-order valence-corrected chi connectivity index (χ3v) is 5.91. The number of carboxylic acids is 3. The molecule has 1 spiro atoms. The second kappa shape index (κ2) is 19.4. The van der Waals surface area contributed by atoms with Crippen molar-refractivity contribution < 1.29 is 83.4 Å². The number of morpholine rings is 1. The van der Waals surface area contributed by atoms with Crippen LogP contribution < -0.4 is 4.74 Å². The van der Waals surface area contributed by atoms with Crippen LogP contribution >= 0.6 is 0 Å². The van der Waals surface area contributed by atoms with Gasteiger partial charge in [-0.1, -0.05) is 12.1 Å². The Bertz CT molecular complexity index is 1050. The molecule has 0 amide bonds. The van der Waals surface area contributed by atoms with E-state index in [4.69, 9.17) is 43.9 Å². The molecule has 0 aromatic heterocycles. The van der Waals surface area contributed by atoms with Crippen molar-refractivity contribution in [3.05, 3.63) is 29.8 Å². The van der Waals surface area contributed by atoms with Gasteiger partial charge in [0.05, 0.1) is 26.9 Å². The van der Waals surface area contributed by atoms with Gasteiger partial charge in [0.15, 0.2) is 0 Å². The fourth-order valence-electron chi connectivity index (χ4n) is 3.75. The van der Waals surface area contributed by atoms with Crippen molar-refractivity contribution in [1.29, 1.82) is 0 Å². The molecule has 2 aliphatic rings. The molecule has 2 heterocycles. The molecule has 2 aliphatic heterocycles. The average Bonchev–Trinajstić information content (AvgIpc) is 3.13. The number of benzene rings is 1. The molecule has 0 radical (unpaired) electrons. The number of alkyl halides is 9. The molecule has 2 fully saturated rings. The van der Waals surface area contributed by atoms with Crippen LogP contribution in [0.2, 0.25) is 0 Å². The quantitative estimate of drug-likeness (QED) is 0.374. The highest BCUT2D eigenvalue weighted by Crippen LogP contribution is 2.24. The molecule has 1 atom stereocenters. The highest BCUT2D eigenvalue weighted by molar-refractivity contribution is 5.73. The number of methoxy groups -OCH3 is 1. The molecular formula is C26H36F9N3O9. The molecule has 3 N–H and O–H groups in total. The lowest BCUT2D eigenvalue weighted by Crippen LogP contribution is -2.58. The molecule has 21 heteroatoms. The first-order valence-electron chi connectivity index (χ1n) is 13.3. The molecule has 1 aromatic rings. The maximum atomic E-state index is 10.6. The number of rotatable bonds is 6. The summed E-state index contributed by atoms with van der Waals surface area (Å²) >= 11 is 0. The average molecular weight is 706 g/mol. The zero-order valence-electron chi connectivity index (χ0n) is 25.4. The van der Waals surface area contributed by atoms with Gasteiger partial charge in [0, 0.05) is 45.8 Å². The SMILES string of the molecule is COc1ccc(CN2CCOC3(COCCN(CCN(C)C)C3)C2)cc1.O=C(O)C(F)(F)F.O=C(O)C(F)(F)F.O=C(O)C(F)(F)F. The number of aliphatic carboxylic acids is 3. The van der Waals surface area contributed by atoms with E-state index in [0.29, 0.717) is 6.61 Å². The molecule has 12 nitrogen and oxygen atoms in total. The first-order valence-corrected chi connectivity index (χ1v) is 13.3. The Hall–Kier alpha value is -3.40. The van der Waals surface area contributed by atoms with Crippen LogP contribution in [0.1, 0.15) is 5.56 Å². The van der Waals surface area contributed by atoms with E-state index in [0.717, 1.165) is 64.8 Å². The van der Waals surface area contributed by atoms with Gasteiger partial charge in [0.1, 0.15) is 11.4 Å². The van der Waals surface area contributed by atoms with E-state index < -0.39 is 36.4 Å². The van der Waals surface area contributed by atoms with Gasteiger partial charge >= 0.3 is 36.4 Å². The van der Waals surface area contributed by atoms with Crippen molar-refractivity contribution in [2.24, 2.45) is 0 Å². The third kappa shape index (κ3) is 19.1. The van der Waals surface area contributed by atoms with Gasteiger partial charge in [-0.05, 0) is 31.8 Å². The first-order chi connectivity index (χ1) is 21.4. The van der Waals surface area contributed by atoms with Crippen LogP contribution in [0.25, 0.3) is 0 Å². The van der Waals surface area contributed by atoms with Crippen LogP contribution in [0.4, 0.5) is 39.5 Å². The molecule has 272 valence electrons. The summed E-state index contributed by atoms with van der Waals surface area (Å²) in [5.74, 6) is -7.37. The predicted octanol–water partition coefficient (Wildman–Crippen LogP) is 3.06. The van der Waals surface area contributed by atoms with Crippen molar-refractivity contribution in [3.8, 4) is 5.75 Å². The highest BCUT2D eigenvalue weighted by atomic mass is 19.4. The summed E-state index contributed by atoms with van der Waals surface area (Å²) in [7, 11) is 5.95. The van der Waals surface area contributed by atoms with Crippen LogP contribution in [-0.2, 0) is 30.4 Å². The van der Waals surface area contributed by atoms with Gasteiger partial charge in [-0.3, -0.25) is 9.80 Å². The van der Waals surface area contributed by atoms with Gasteiger partial charge in [-0.15, -0.1) is 0 Å². The topological polar surface area (TPSA) is 149 Å². The Morgan fingerprint density at radius 3 is 1.64 bits per heavy atom. The Morgan fingerprint density at radius 1 is 0.809 bits per heavy atom. The number of likely N-dealkylation sites (N-methyl/N-ethyl adjacent to an activating group) is 1. The number of ether oxygens (including phenoxy) is 3. The zero-order valence-corrected chi connectivity index (χ0v) is 25.4. The highest BCUT2D eigenvalue weighted by Gasteiger charge is 2.41. The van der Waals surface area contributed by atoms with Crippen LogP contribution in [0.5, 0.6) is 5.75 Å². The van der Waals surface area contributed by atoms with E-state index in [9.17, 15) is 39.5 Å². The zero-order chi connectivity index (χ0) is 36.6. The van der Waals surface area contributed by atoms with E-state index in [-0.39, 0.29) is 5.60 Å². The van der Waals surface area contributed by atoms with E-state index in [1.165, 1.54) is 5.56 Å². The predicted molar refractivity (Wildman–Crippen MR) is 144 cm³/mol. The minimum Gasteiger partial charge on any atom is -0.497 e. The third-order valence-electron chi connectivity index (χ3n) is 5.91. The molecule has 3 rings (SSSR count). The van der Waals surface area contributed by atoms with Gasteiger partial charge in [0.2, 0.25) is 0 Å². The lowest BCUT2D eigenvalue weighted by Gasteiger charge is -2.43. The maximum absolute atomic E-state index is 10.6. The van der Waals surface area contributed by atoms with Crippen molar-refractivity contribution >= 4 is 17.9 Å². The molecular weight excluding hydrogens is 669 g/mol. The molecule has 0 aliphatic carbocycles. The molecule has 0 saturated carbocycles. The maximum Gasteiger partial charge on any atom is 0.490 e. The number of nitrogens with zero attached hydrogens (tertiary/aromatic N) is 3. The largest absolute Gasteiger partial charge is 0.497 e. The number of hydrogen-bond acceptors (Lipinski definition) is 9. The van der Waals surface area contributed by atoms with Crippen LogP contribution in [-0.4, -0.2) is 152 Å². The molecule has 2 saturated heterocycles. The molecule has 47 heavy (non-hydrogen) atoms. The summed E-state index contributed by atoms with van der Waals surface area (Å²) in [6, 6.07) is 8.36. The Morgan fingerprint density at radius 2 is 1.23 bits per heavy atom. The summed E-state index contributed by atoms with van der Waals surface area (Å²) in [5, 5.41) is 21.4. The second-order valence-electron chi connectivity index (χ2n) is 10.1. The summed E-state index contributed by atoms with van der Waals surface area (Å²) in [6.45, 7) is 9.10. The molecule has 1 aromatic carbocycles. The van der Waals surface area contributed by atoms with Gasteiger partial charge < -0.3 is 34.4 Å². The molecule has 0 bridgehead atoms. The molecule has 1 unspecified atom stereocenters. The number of carbonyl (C=O) groups is 3. The van der Waals surface area contributed by atoms with Crippen LogP contribution in [0, 0.1) is 0 Å². The lowest BCUT2D eigenvalue weighted by atomic mass is 10.0. The second-order valence-corrected chi connectivity index (χ2v) is 10.1. The van der Waals surface area contributed by atoms with E-state index in [2.05, 4.69) is 40.9 Å². The minimum atomic E-state index is -5.08. The van der Waals surface area contributed by atoms with Crippen molar-refractivity contribution in [3.63, 3.8) is 0 Å². The monoisotopic (exact) mass is 705 g/mol. The van der Waals surface area contributed by atoms with E-state index in [1.54, 1.807) is 7.11 Å². The van der Waals surface area contributed by atoms with Crippen LogP contribution in [0.3, 0.4) is 0 Å². The fraction of sp³-hybridized carbons (Fsp3) is 0.654. The summed E-state index contributed by atoms with van der Waals surface area (Å²) in [4.78, 5) is 33.9. The van der Waals surface area contributed by atoms with Gasteiger partial charge in [-0.2, -0.15) is 39.5 Å². The van der Waals surface area contributed by atoms with Crippen molar-refractivity contribution in [1.82, 2.24) is 14.7 Å². The summed E-state index contributed by atoms with van der Waals surface area (Å²) in [5.41, 5.74) is 1.09. The van der Waals surface area contributed by atoms with E-state index in [1.807, 2.05) is 12.1 Å². The Kier molecular flexibility index (Phi) is 18.0. The standard InChI is InChI=1S/C20H33N3O3.3C2HF3O2/c1-21(2)8-9-22-10-12-25-17-20(15-22)16-23(11-13-26-20)14-18-4-6-19(24-3)7-5-18;3*3-2(4,5)1(6)7/h4-7H,8-17H2,1-3H3;3*(H,6,7). The van der Waals surface area contributed by atoms with Gasteiger partial charge in [0.25, 0.3) is 0 Å². The Balaban J connectivity index is 0.000000820. The Labute approximate surface area is 263 Å². The normalized spacial score (nSPS) is 19.2. The smallest absolute Gasteiger partial charge is 0.490 e. The van der Waals surface area contributed by atoms with Crippen LogP contribution in [0.15, 0.2) is 24.3 Å². The lowest BCUT2D eigenvalue weighted by molar-refractivity contribution is -0.193. The first kappa shape index (κ1) is 43.6. The summed E-state index contributed by atoms with van der Waals surface area (Å²) in [6.07, 6.45) is -15.3. The number of hydrogen-bond donors (Lipinski definition) is 3. The number of halogens is 9. The fourth-order valence-corrected chi connectivity index (χ4v) is 3.75. The van der Waals surface area contributed by atoms with Crippen molar-refractivity contribution in [2.75, 3.05) is 80.3 Å². The summed E-state index contributed by atoms with van der Waals surface area (Å²) < 4.78 is 113. The van der Waals surface area contributed by atoms with Crippen molar-refractivity contribution in [2.45, 2.75) is 30.7 Å². The number of carboxylic acid groups (broad SMARTS) is 3. The van der Waals surface area contributed by atoms with E-state index >= 15 is 0 Å². The minimum absolute atomic E-state index is 0.215.